The second-order valence-electron chi connectivity index (χ2n) is 17.2. The van der Waals surface area contributed by atoms with E-state index in [0.717, 1.165) is 96.3 Å². The average Bonchev–Trinajstić information content (AvgIpc) is 3.31. The van der Waals surface area contributed by atoms with E-state index in [2.05, 4.69) is 116 Å². The SMILES string of the molecule is CC/C=C\C/C=C\C/C=C\C/C=C\C/C=C\C/C=C\C/C=C\CCCCCCCCCCCCCC(=O)NC(COC1OC(CO)C(O)C(O)C1O)C(O)/C=C/CC/C=C/CCCCC. The van der Waals surface area contributed by atoms with Gasteiger partial charge in [0.2, 0.25) is 5.91 Å². The van der Waals surface area contributed by atoms with Crippen LogP contribution in [0.5, 0.6) is 0 Å². The van der Waals surface area contributed by atoms with E-state index in [0.29, 0.717) is 6.42 Å². The van der Waals surface area contributed by atoms with Crippen LogP contribution >= 0.6 is 0 Å². The molecular formula is C56H93NO8. The van der Waals surface area contributed by atoms with Crippen LogP contribution in [0, 0.1) is 0 Å². The van der Waals surface area contributed by atoms with Gasteiger partial charge in [0, 0.05) is 6.42 Å². The molecule has 0 aromatic heterocycles. The third-order valence-corrected chi connectivity index (χ3v) is 11.3. The average molecular weight is 908 g/mol. The Labute approximate surface area is 396 Å². The Morgan fingerprint density at radius 3 is 1.48 bits per heavy atom. The van der Waals surface area contributed by atoms with Gasteiger partial charge < -0.3 is 40.3 Å². The van der Waals surface area contributed by atoms with Gasteiger partial charge in [0.25, 0.3) is 0 Å². The van der Waals surface area contributed by atoms with Crippen LogP contribution in [0.3, 0.4) is 0 Å². The van der Waals surface area contributed by atoms with Gasteiger partial charge in [-0.3, -0.25) is 4.79 Å². The number of aliphatic hydroxyl groups excluding tert-OH is 5. The number of aliphatic hydroxyl groups is 5. The maximum absolute atomic E-state index is 12.9. The first-order chi connectivity index (χ1) is 31.8. The molecule has 9 heteroatoms. The molecule has 9 nitrogen and oxygen atoms in total. The van der Waals surface area contributed by atoms with E-state index >= 15 is 0 Å². The van der Waals surface area contributed by atoms with Gasteiger partial charge in [0.15, 0.2) is 6.29 Å². The summed E-state index contributed by atoms with van der Waals surface area (Å²) < 4.78 is 11.2. The Morgan fingerprint density at radius 2 is 0.969 bits per heavy atom. The van der Waals surface area contributed by atoms with E-state index in [9.17, 15) is 30.3 Å². The van der Waals surface area contributed by atoms with Crippen LogP contribution in [0.2, 0.25) is 0 Å². The number of carbonyl (C=O) groups excluding carboxylic acids is 1. The number of hydrogen-bond donors (Lipinski definition) is 6. The van der Waals surface area contributed by atoms with Gasteiger partial charge in [0.05, 0.1) is 25.4 Å². The molecule has 1 heterocycles. The van der Waals surface area contributed by atoms with Gasteiger partial charge >= 0.3 is 0 Å². The van der Waals surface area contributed by atoms with Gasteiger partial charge in [-0.25, -0.2) is 0 Å². The molecule has 1 amide bonds. The number of amides is 1. The molecule has 65 heavy (non-hydrogen) atoms. The highest BCUT2D eigenvalue weighted by molar-refractivity contribution is 5.76. The van der Waals surface area contributed by atoms with Crippen molar-refractivity contribution in [2.45, 2.75) is 224 Å². The summed E-state index contributed by atoms with van der Waals surface area (Å²) in [6.07, 6.45) is 58.8. The number of allylic oxidation sites excluding steroid dienone is 17. The number of rotatable bonds is 41. The Morgan fingerprint density at radius 1 is 0.538 bits per heavy atom. The van der Waals surface area contributed by atoms with Crippen molar-refractivity contribution in [3.8, 4) is 0 Å². The highest BCUT2D eigenvalue weighted by Gasteiger charge is 2.44. The lowest BCUT2D eigenvalue weighted by Gasteiger charge is -2.40. The molecule has 7 unspecified atom stereocenters. The molecule has 1 rings (SSSR count). The van der Waals surface area contributed by atoms with Gasteiger partial charge in [0.1, 0.15) is 24.4 Å². The Kier molecular flexibility index (Phi) is 41.1. The molecule has 0 spiro atoms. The largest absolute Gasteiger partial charge is 0.394 e. The maximum Gasteiger partial charge on any atom is 0.220 e. The summed E-state index contributed by atoms with van der Waals surface area (Å²) in [4.78, 5) is 12.9. The minimum atomic E-state index is -1.58. The third kappa shape index (κ3) is 34.8. The predicted molar refractivity (Wildman–Crippen MR) is 271 cm³/mol. The van der Waals surface area contributed by atoms with Crippen LogP contribution in [-0.2, 0) is 14.3 Å². The van der Waals surface area contributed by atoms with Gasteiger partial charge in [-0.2, -0.15) is 0 Å². The fourth-order valence-electron chi connectivity index (χ4n) is 7.27. The van der Waals surface area contributed by atoms with Crippen LogP contribution in [-0.4, -0.2) is 87.5 Å². The Hall–Kier alpha value is -3.15. The highest BCUT2D eigenvalue weighted by atomic mass is 16.7. The monoisotopic (exact) mass is 908 g/mol. The summed E-state index contributed by atoms with van der Waals surface area (Å²) in [5.74, 6) is -0.199. The Balaban J connectivity index is 2.16. The van der Waals surface area contributed by atoms with Crippen molar-refractivity contribution in [3.05, 3.63) is 109 Å². The lowest BCUT2D eigenvalue weighted by Crippen LogP contribution is -2.60. The first kappa shape index (κ1) is 59.9. The van der Waals surface area contributed by atoms with Gasteiger partial charge in [-0.05, 0) is 89.9 Å². The predicted octanol–water partition coefficient (Wildman–Crippen LogP) is 11.8. The summed E-state index contributed by atoms with van der Waals surface area (Å²) in [7, 11) is 0. The van der Waals surface area contributed by atoms with Crippen LogP contribution in [0.1, 0.15) is 181 Å². The van der Waals surface area contributed by atoms with Gasteiger partial charge in [-0.15, -0.1) is 0 Å². The van der Waals surface area contributed by atoms with Crippen molar-refractivity contribution < 1.29 is 39.8 Å². The van der Waals surface area contributed by atoms with E-state index in [1.54, 1.807) is 6.08 Å². The molecule has 7 atom stereocenters. The molecule has 6 N–H and O–H groups in total. The molecule has 1 saturated heterocycles. The van der Waals surface area contributed by atoms with Crippen LogP contribution in [0.4, 0.5) is 0 Å². The van der Waals surface area contributed by atoms with Gasteiger partial charge in [-0.1, -0.05) is 194 Å². The van der Waals surface area contributed by atoms with E-state index < -0.39 is 49.5 Å². The second-order valence-corrected chi connectivity index (χ2v) is 17.2. The van der Waals surface area contributed by atoms with E-state index in [1.165, 1.54) is 64.2 Å². The van der Waals surface area contributed by atoms with Crippen molar-refractivity contribution in [2.75, 3.05) is 13.2 Å². The topological polar surface area (TPSA) is 149 Å². The molecule has 1 aliphatic heterocycles. The summed E-state index contributed by atoms with van der Waals surface area (Å²) in [6, 6.07) is -0.828. The molecular weight excluding hydrogens is 815 g/mol. The number of nitrogens with one attached hydrogen (secondary N) is 1. The Bertz CT molecular complexity index is 1380. The summed E-state index contributed by atoms with van der Waals surface area (Å²) in [6.45, 7) is 3.56. The number of unbranched alkanes of at least 4 members (excludes halogenated alkanes) is 15. The van der Waals surface area contributed by atoms with Crippen LogP contribution < -0.4 is 5.32 Å². The number of hydrogen-bond acceptors (Lipinski definition) is 8. The quantitative estimate of drug-likeness (QED) is 0.0262. The fourth-order valence-corrected chi connectivity index (χ4v) is 7.27. The minimum Gasteiger partial charge on any atom is -0.394 e. The molecule has 0 aromatic rings. The van der Waals surface area contributed by atoms with E-state index in [4.69, 9.17) is 9.47 Å². The molecule has 0 saturated carbocycles. The fraction of sp³-hybridized carbons (Fsp3) is 0.661. The standard InChI is InChI=1S/C56H93NO8/c1-3-5-7-9-11-13-14-15-16-17-18-19-20-21-22-23-24-25-26-27-28-29-30-31-32-33-34-35-36-38-40-42-44-46-52(60)57-49(50(59)45-43-41-39-37-12-10-8-6-4-2)48-64-56-55(63)54(62)53(61)51(47-58)65-56/h5,7,11-13,15-16,18-19,21-22,24-25,27-28,37,43,45,49-51,53-56,58-59,61-63H,3-4,6,8-10,14,17,20,23,26,29-36,38-42,44,46-48H2,1-2H3,(H,57,60)/b7-5-,13-11-,16-15-,19-18-,22-21-,25-24-,28-27-,37-12+,45-43+. The molecule has 0 bridgehead atoms. The summed E-state index contributed by atoms with van der Waals surface area (Å²) >= 11 is 0. The van der Waals surface area contributed by atoms with Crippen molar-refractivity contribution >= 4 is 5.91 Å². The lowest BCUT2D eigenvalue weighted by molar-refractivity contribution is -0.302. The first-order valence-corrected chi connectivity index (χ1v) is 25.6. The third-order valence-electron chi connectivity index (χ3n) is 11.3. The van der Waals surface area contributed by atoms with Crippen molar-refractivity contribution in [3.63, 3.8) is 0 Å². The first-order valence-electron chi connectivity index (χ1n) is 25.6. The molecule has 0 aliphatic carbocycles. The van der Waals surface area contributed by atoms with Crippen LogP contribution in [0.15, 0.2) is 109 Å². The molecule has 0 aromatic carbocycles. The molecule has 1 aliphatic rings. The zero-order chi connectivity index (χ0) is 47.3. The molecule has 1 fully saturated rings. The highest BCUT2D eigenvalue weighted by Crippen LogP contribution is 2.22. The van der Waals surface area contributed by atoms with Crippen molar-refractivity contribution in [1.29, 1.82) is 0 Å². The normalized spacial score (nSPS) is 20.9. The summed E-state index contributed by atoms with van der Waals surface area (Å²) in [5, 5.41) is 54.1. The van der Waals surface area contributed by atoms with Crippen molar-refractivity contribution in [1.82, 2.24) is 5.32 Å². The molecule has 0 radical (unpaired) electrons. The zero-order valence-corrected chi connectivity index (χ0v) is 40.7. The smallest absolute Gasteiger partial charge is 0.220 e. The number of carbonyl (C=O) groups is 1. The molecule has 370 valence electrons. The zero-order valence-electron chi connectivity index (χ0n) is 40.7. The minimum absolute atomic E-state index is 0.199. The lowest BCUT2D eigenvalue weighted by atomic mass is 9.99. The second kappa shape index (κ2) is 44.7. The van der Waals surface area contributed by atoms with E-state index in [1.807, 2.05) is 6.08 Å². The van der Waals surface area contributed by atoms with Crippen LogP contribution in [0.25, 0.3) is 0 Å². The van der Waals surface area contributed by atoms with E-state index in [-0.39, 0.29) is 12.5 Å². The maximum atomic E-state index is 12.9. The number of ether oxygens (including phenoxy) is 2. The van der Waals surface area contributed by atoms with Crippen molar-refractivity contribution in [2.24, 2.45) is 0 Å². The summed E-state index contributed by atoms with van der Waals surface area (Å²) in [5.41, 5.74) is 0.